The number of hydrogen-bond acceptors (Lipinski definition) is 4. The van der Waals surface area contributed by atoms with E-state index < -0.39 is 0 Å². The lowest BCUT2D eigenvalue weighted by Gasteiger charge is -2.27. The molecule has 0 aromatic heterocycles. The average molecular weight is 249 g/mol. The Hall–Kier alpha value is -1.59. The van der Waals surface area contributed by atoms with Gasteiger partial charge in [-0.3, -0.25) is 4.79 Å². The Morgan fingerprint density at radius 1 is 1.33 bits per heavy atom. The van der Waals surface area contributed by atoms with E-state index in [2.05, 4.69) is 5.01 Å². The molecule has 0 spiro atoms. The zero-order valence-electron chi connectivity index (χ0n) is 10.6. The van der Waals surface area contributed by atoms with Gasteiger partial charge in [0.2, 0.25) is 5.91 Å². The molecule has 1 amide bonds. The Morgan fingerprint density at radius 2 is 2.06 bits per heavy atom. The fourth-order valence-electron chi connectivity index (χ4n) is 2.10. The van der Waals surface area contributed by atoms with Crippen LogP contribution in [0.2, 0.25) is 0 Å². The van der Waals surface area contributed by atoms with Crippen molar-refractivity contribution in [2.75, 3.05) is 31.8 Å². The third-order valence-corrected chi connectivity index (χ3v) is 3.04. The van der Waals surface area contributed by atoms with E-state index in [-0.39, 0.29) is 5.91 Å². The van der Waals surface area contributed by atoms with Gasteiger partial charge in [0.1, 0.15) is 5.75 Å². The summed E-state index contributed by atoms with van der Waals surface area (Å²) in [7, 11) is 1.63. The molecule has 2 rings (SSSR count). The van der Waals surface area contributed by atoms with Crippen LogP contribution in [0.5, 0.6) is 5.75 Å². The van der Waals surface area contributed by atoms with Crippen molar-refractivity contribution in [2.45, 2.75) is 12.8 Å². The summed E-state index contributed by atoms with van der Waals surface area (Å²) in [5.74, 6) is 0.927. The van der Waals surface area contributed by atoms with Crippen LogP contribution in [0.3, 0.4) is 0 Å². The van der Waals surface area contributed by atoms with Gasteiger partial charge in [0, 0.05) is 19.5 Å². The first kappa shape index (κ1) is 12.9. The highest BCUT2D eigenvalue weighted by molar-refractivity contribution is 5.94. The molecule has 0 aliphatic carbocycles. The first-order valence-electron chi connectivity index (χ1n) is 6.18. The molecule has 18 heavy (non-hydrogen) atoms. The van der Waals surface area contributed by atoms with Gasteiger partial charge in [0.25, 0.3) is 0 Å². The van der Waals surface area contributed by atoms with Gasteiger partial charge in [-0.2, -0.15) is 0 Å². The van der Waals surface area contributed by atoms with Crippen molar-refractivity contribution in [3.8, 4) is 5.75 Å². The Bertz CT molecular complexity index is 405. The fourth-order valence-corrected chi connectivity index (χ4v) is 2.10. The SMILES string of the molecule is COc1ccc(N2C(=O)CCN2CCCN)cc1. The maximum Gasteiger partial charge on any atom is 0.242 e. The summed E-state index contributed by atoms with van der Waals surface area (Å²) in [6, 6.07) is 7.53. The van der Waals surface area contributed by atoms with Crippen molar-refractivity contribution in [2.24, 2.45) is 5.73 Å². The van der Waals surface area contributed by atoms with Gasteiger partial charge in [0.15, 0.2) is 0 Å². The zero-order valence-corrected chi connectivity index (χ0v) is 10.6. The molecule has 0 saturated carbocycles. The minimum atomic E-state index is 0.136. The lowest BCUT2D eigenvalue weighted by Crippen LogP contribution is -2.40. The lowest BCUT2D eigenvalue weighted by atomic mass is 10.3. The van der Waals surface area contributed by atoms with E-state index in [0.717, 1.165) is 30.9 Å². The third-order valence-electron chi connectivity index (χ3n) is 3.04. The number of hydrogen-bond donors (Lipinski definition) is 1. The summed E-state index contributed by atoms with van der Waals surface area (Å²) >= 11 is 0. The Morgan fingerprint density at radius 3 is 2.67 bits per heavy atom. The van der Waals surface area contributed by atoms with E-state index in [1.807, 2.05) is 24.3 Å². The Labute approximate surface area is 107 Å². The van der Waals surface area contributed by atoms with Gasteiger partial charge in [-0.1, -0.05) is 0 Å². The molecule has 0 radical (unpaired) electrons. The number of nitrogens with zero attached hydrogens (tertiary/aromatic N) is 2. The molecular weight excluding hydrogens is 230 g/mol. The van der Waals surface area contributed by atoms with E-state index in [9.17, 15) is 4.79 Å². The van der Waals surface area contributed by atoms with Crippen LogP contribution in [0, 0.1) is 0 Å². The second-order valence-corrected chi connectivity index (χ2v) is 4.25. The number of methoxy groups -OCH3 is 1. The molecule has 5 heteroatoms. The molecule has 5 nitrogen and oxygen atoms in total. The summed E-state index contributed by atoms with van der Waals surface area (Å²) < 4.78 is 5.12. The summed E-state index contributed by atoms with van der Waals surface area (Å²) in [5.41, 5.74) is 6.40. The topological polar surface area (TPSA) is 58.8 Å². The second kappa shape index (κ2) is 5.84. The third kappa shape index (κ3) is 2.63. The minimum absolute atomic E-state index is 0.136. The van der Waals surface area contributed by atoms with E-state index in [4.69, 9.17) is 10.5 Å². The maximum atomic E-state index is 11.9. The molecule has 1 aromatic carbocycles. The van der Waals surface area contributed by atoms with Crippen LogP contribution in [0.15, 0.2) is 24.3 Å². The summed E-state index contributed by atoms with van der Waals surface area (Å²) in [6.07, 6.45) is 1.45. The predicted octanol–water partition coefficient (Wildman–Crippen LogP) is 0.998. The van der Waals surface area contributed by atoms with Crippen LogP contribution >= 0.6 is 0 Å². The number of nitrogens with two attached hydrogens (primary N) is 1. The van der Waals surface area contributed by atoms with Crippen molar-refractivity contribution < 1.29 is 9.53 Å². The maximum absolute atomic E-state index is 11.9. The van der Waals surface area contributed by atoms with Crippen molar-refractivity contribution in [1.82, 2.24) is 5.01 Å². The molecule has 98 valence electrons. The largest absolute Gasteiger partial charge is 0.497 e. The molecular formula is C13H19N3O2. The normalized spacial score (nSPS) is 16.3. The average Bonchev–Trinajstić information content (AvgIpc) is 2.77. The van der Waals surface area contributed by atoms with Crippen LogP contribution in [0.1, 0.15) is 12.8 Å². The van der Waals surface area contributed by atoms with Crippen molar-refractivity contribution in [1.29, 1.82) is 0 Å². The number of carbonyl (C=O) groups is 1. The molecule has 1 aliphatic rings. The van der Waals surface area contributed by atoms with Crippen LogP contribution < -0.4 is 15.5 Å². The molecule has 2 N–H and O–H groups in total. The Kier molecular flexibility index (Phi) is 4.17. The summed E-state index contributed by atoms with van der Waals surface area (Å²) in [5, 5.41) is 3.80. The molecule has 0 unspecified atom stereocenters. The number of anilines is 1. The highest BCUT2D eigenvalue weighted by Crippen LogP contribution is 2.25. The van der Waals surface area contributed by atoms with E-state index in [1.54, 1.807) is 12.1 Å². The number of rotatable bonds is 5. The highest BCUT2D eigenvalue weighted by atomic mass is 16.5. The van der Waals surface area contributed by atoms with E-state index in [0.29, 0.717) is 13.0 Å². The number of benzene rings is 1. The number of amides is 1. The van der Waals surface area contributed by atoms with Gasteiger partial charge in [0.05, 0.1) is 12.8 Å². The molecule has 1 aromatic rings. The van der Waals surface area contributed by atoms with Crippen molar-refractivity contribution >= 4 is 11.6 Å². The molecule has 1 saturated heterocycles. The van der Waals surface area contributed by atoms with Crippen LogP contribution in [-0.4, -0.2) is 37.7 Å². The first-order valence-corrected chi connectivity index (χ1v) is 6.18. The standard InChI is InChI=1S/C13H19N3O2/c1-18-12-5-3-11(4-6-12)16-13(17)7-10-15(16)9-2-8-14/h3-6H,2,7-10,14H2,1H3. The number of carbonyl (C=O) groups excluding carboxylic acids is 1. The van der Waals surface area contributed by atoms with E-state index in [1.165, 1.54) is 0 Å². The summed E-state index contributed by atoms with van der Waals surface area (Å²) in [4.78, 5) is 11.9. The fraction of sp³-hybridized carbons (Fsp3) is 0.462. The van der Waals surface area contributed by atoms with Gasteiger partial charge in [-0.05, 0) is 37.2 Å². The lowest BCUT2D eigenvalue weighted by molar-refractivity contribution is -0.118. The molecule has 1 aliphatic heterocycles. The predicted molar refractivity (Wildman–Crippen MR) is 70.3 cm³/mol. The molecule has 1 heterocycles. The van der Waals surface area contributed by atoms with Crippen molar-refractivity contribution in [3.05, 3.63) is 24.3 Å². The number of hydrazine groups is 1. The van der Waals surface area contributed by atoms with Crippen LogP contribution in [0.4, 0.5) is 5.69 Å². The Balaban J connectivity index is 2.14. The first-order chi connectivity index (χ1) is 8.76. The molecule has 1 fully saturated rings. The van der Waals surface area contributed by atoms with Crippen LogP contribution in [0.25, 0.3) is 0 Å². The van der Waals surface area contributed by atoms with Crippen molar-refractivity contribution in [3.63, 3.8) is 0 Å². The number of ether oxygens (including phenoxy) is 1. The highest BCUT2D eigenvalue weighted by Gasteiger charge is 2.29. The van der Waals surface area contributed by atoms with Gasteiger partial charge in [-0.25, -0.2) is 10.0 Å². The van der Waals surface area contributed by atoms with Gasteiger partial charge < -0.3 is 10.5 Å². The molecule has 0 bridgehead atoms. The molecule has 0 atom stereocenters. The second-order valence-electron chi connectivity index (χ2n) is 4.25. The van der Waals surface area contributed by atoms with Gasteiger partial charge in [-0.15, -0.1) is 0 Å². The quantitative estimate of drug-likeness (QED) is 0.845. The zero-order chi connectivity index (χ0) is 13.0. The van der Waals surface area contributed by atoms with Gasteiger partial charge >= 0.3 is 0 Å². The monoisotopic (exact) mass is 249 g/mol. The van der Waals surface area contributed by atoms with Crippen LogP contribution in [-0.2, 0) is 4.79 Å². The summed E-state index contributed by atoms with van der Waals surface area (Å²) in [6.45, 7) is 2.22. The minimum Gasteiger partial charge on any atom is -0.497 e. The van der Waals surface area contributed by atoms with E-state index >= 15 is 0 Å². The smallest absolute Gasteiger partial charge is 0.242 e.